The lowest BCUT2D eigenvalue weighted by molar-refractivity contribution is 1.28. The summed E-state index contributed by atoms with van der Waals surface area (Å²) in [6.07, 6.45) is 0. The molecular formula is C46H29N3S2. The van der Waals surface area contributed by atoms with Crippen LogP contribution in [0.2, 0.25) is 0 Å². The number of hydrogen-bond acceptors (Lipinski definition) is 5. The second-order valence-electron chi connectivity index (χ2n) is 12.7. The maximum atomic E-state index is 4.90. The molecule has 0 saturated carbocycles. The standard InChI is InChI=1S/C46H29N3S2/c1-2-8-34-28-37-29-35(13-14-36(37)27-33(34)7-1)30-15-21-38(22-16-30)49(39-23-17-31(18-24-39)45-47-41-9-3-5-11-43(41)50-45)40-25-19-32(20-26-40)46-48-42-10-4-6-12-44(42)51-46/h1-29H. The fourth-order valence-corrected chi connectivity index (χ4v) is 8.81. The van der Waals surface area contributed by atoms with Crippen molar-refractivity contribution in [3.8, 4) is 32.3 Å². The molecule has 0 aliphatic rings. The molecule has 0 unspecified atom stereocenters. The minimum Gasteiger partial charge on any atom is -0.311 e. The van der Waals surface area contributed by atoms with Gasteiger partial charge in [0.05, 0.1) is 20.4 Å². The van der Waals surface area contributed by atoms with E-state index in [1.165, 1.54) is 42.1 Å². The van der Waals surface area contributed by atoms with Crippen molar-refractivity contribution >= 4 is 81.7 Å². The lowest BCUT2D eigenvalue weighted by atomic mass is 9.98. The highest BCUT2D eigenvalue weighted by Gasteiger charge is 2.16. The number of thiazole rings is 2. The molecule has 51 heavy (non-hydrogen) atoms. The Balaban J connectivity index is 1.02. The number of nitrogens with zero attached hydrogens (tertiary/aromatic N) is 3. The molecule has 5 heteroatoms. The molecule has 10 aromatic rings. The molecule has 2 heterocycles. The smallest absolute Gasteiger partial charge is 0.124 e. The van der Waals surface area contributed by atoms with E-state index in [-0.39, 0.29) is 0 Å². The minimum absolute atomic E-state index is 1.03. The van der Waals surface area contributed by atoms with E-state index in [4.69, 9.17) is 9.97 Å². The van der Waals surface area contributed by atoms with Crippen LogP contribution in [0.25, 0.3) is 74.2 Å². The molecule has 0 atom stereocenters. The molecule has 2 aromatic heterocycles. The third-order valence-corrected chi connectivity index (χ3v) is 11.7. The summed E-state index contributed by atoms with van der Waals surface area (Å²) < 4.78 is 2.40. The molecule has 0 saturated heterocycles. The summed E-state index contributed by atoms with van der Waals surface area (Å²) in [4.78, 5) is 12.1. The Morgan fingerprint density at radius 1 is 0.333 bits per heavy atom. The zero-order chi connectivity index (χ0) is 33.7. The van der Waals surface area contributed by atoms with Crippen molar-refractivity contribution in [3.63, 3.8) is 0 Å². The van der Waals surface area contributed by atoms with Crippen LogP contribution in [-0.4, -0.2) is 9.97 Å². The lowest BCUT2D eigenvalue weighted by Crippen LogP contribution is -2.09. The maximum Gasteiger partial charge on any atom is 0.124 e. The SMILES string of the molecule is c1ccc2cc3cc(-c4ccc(N(c5ccc(-c6nc7ccccc7s6)cc5)c5ccc(-c6nc7ccccc7s6)cc5)cc4)ccc3cc2c1. The highest BCUT2D eigenvalue weighted by molar-refractivity contribution is 7.22. The van der Waals surface area contributed by atoms with Crippen LogP contribution in [0.4, 0.5) is 17.1 Å². The molecule has 0 spiro atoms. The van der Waals surface area contributed by atoms with Gasteiger partial charge >= 0.3 is 0 Å². The number of para-hydroxylation sites is 2. The van der Waals surface area contributed by atoms with Gasteiger partial charge in [-0.1, -0.05) is 72.8 Å². The Morgan fingerprint density at radius 2 is 0.745 bits per heavy atom. The van der Waals surface area contributed by atoms with E-state index in [1.54, 1.807) is 22.7 Å². The summed E-state index contributed by atoms with van der Waals surface area (Å²) in [6.45, 7) is 0. The first-order chi connectivity index (χ1) is 25.2. The molecule has 0 N–H and O–H groups in total. The van der Waals surface area contributed by atoms with Gasteiger partial charge in [0.25, 0.3) is 0 Å². The molecule has 0 radical (unpaired) electrons. The van der Waals surface area contributed by atoms with Crippen molar-refractivity contribution < 1.29 is 0 Å². The third-order valence-electron chi connectivity index (χ3n) is 9.50. The van der Waals surface area contributed by atoms with Gasteiger partial charge in [-0.25, -0.2) is 9.97 Å². The molecule has 0 aliphatic heterocycles. The number of anilines is 3. The van der Waals surface area contributed by atoms with E-state index in [2.05, 4.69) is 169 Å². The quantitative estimate of drug-likeness (QED) is 0.163. The van der Waals surface area contributed by atoms with Crippen LogP contribution in [0.15, 0.2) is 176 Å². The van der Waals surface area contributed by atoms with Crippen LogP contribution in [-0.2, 0) is 0 Å². The van der Waals surface area contributed by atoms with Gasteiger partial charge in [0.15, 0.2) is 0 Å². The summed E-state index contributed by atoms with van der Waals surface area (Å²) in [6, 6.07) is 63.0. The van der Waals surface area contributed by atoms with Crippen molar-refractivity contribution in [2.45, 2.75) is 0 Å². The first-order valence-corrected chi connectivity index (χ1v) is 18.6. The number of aromatic nitrogens is 2. The summed E-state index contributed by atoms with van der Waals surface area (Å²) in [5.74, 6) is 0. The molecule has 0 fully saturated rings. The van der Waals surface area contributed by atoms with Gasteiger partial charge in [-0.15, -0.1) is 22.7 Å². The highest BCUT2D eigenvalue weighted by atomic mass is 32.1. The van der Waals surface area contributed by atoms with Gasteiger partial charge in [-0.2, -0.15) is 0 Å². The number of hydrogen-bond donors (Lipinski definition) is 0. The largest absolute Gasteiger partial charge is 0.311 e. The van der Waals surface area contributed by atoms with Crippen LogP contribution in [0, 0.1) is 0 Å². The average Bonchev–Trinajstić information content (AvgIpc) is 3.83. The first-order valence-electron chi connectivity index (χ1n) is 17.0. The van der Waals surface area contributed by atoms with Crippen LogP contribution in [0.3, 0.4) is 0 Å². The maximum absolute atomic E-state index is 4.90. The van der Waals surface area contributed by atoms with Crippen molar-refractivity contribution in [3.05, 3.63) is 176 Å². The fraction of sp³-hybridized carbons (Fsp3) is 0. The Hall–Kier alpha value is -6.14. The number of benzene rings is 8. The molecule has 0 bridgehead atoms. The van der Waals surface area contributed by atoms with Crippen molar-refractivity contribution in [2.24, 2.45) is 0 Å². The molecule has 240 valence electrons. The normalized spacial score (nSPS) is 11.5. The van der Waals surface area contributed by atoms with Crippen LogP contribution >= 0.6 is 22.7 Å². The highest BCUT2D eigenvalue weighted by Crippen LogP contribution is 2.39. The predicted octanol–water partition coefficient (Wildman–Crippen LogP) is 13.7. The van der Waals surface area contributed by atoms with E-state index in [0.29, 0.717) is 0 Å². The zero-order valence-electron chi connectivity index (χ0n) is 27.4. The van der Waals surface area contributed by atoms with Crippen molar-refractivity contribution in [1.82, 2.24) is 9.97 Å². The van der Waals surface area contributed by atoms with Crippen molar-refractivity contribution in [1.29, 1.82) is 0 Å². The molecule has 10 rings (SSSR count). The van der Waals surface area contributed by atoms with Gasteiger partial charge < -0.3 is 4.90 Å². The second kappa shape index (κ2) is 12.3. The minimum atomic E-state index is 1.03. The van der Waals surface area contributed by atoms with Gasteiger partial charge in [-0.3, -0.25) is 0 Å². The fourth-order valence-electron chi connectivity index (χ4n) is 6.87. The van der Waals surface area contributed by atoms with Gasteiger partial charge in [0, 0.05) is 28.2 Å². The number of fused-ring (bicyclic) bond motifs is 4. The molecule has 3 nitrogen and oxygen atoms in total. The van der Waals surface area contributed by atoms with E-state index in [0.717, 1.165) is 49.2 Å². The monoisotopic (exact) mass is 687 g/mol. The Kier molecular flexibility index (Phi) is 7.19. The third kappa shape index (κ3) is 5.53. The predicted molar refractivity (Wildman–Crippen MR) is 219 cm³/mol. The van der Waals surface area contributed by atoms with E-state index < -0.39 is 0 Å². The topological polar surface area (TPSA) is 29.0 Å². The van der Waals surface area contributed by atoms with E-state index in [9.17, 15) is 0 Å². The average molecular weight is 688 g/mol. The Morgan fingerprint density at radius 3 is 1.25 bits per heavy atom. The molecule has 8 aromatic carbocycles. The first kappa shape index (κ1) is 29.7. The van der Waals surface area contributed by atoms with Gasteiger partial charge in [0.2, 0.25) is 0 Å². The summed E-state index contributed by atoms with van der Waals surface area (Å²) in [5, 5.41) is 7.09. The Bertz CT molecular complexity index is 2670. The van der Waals surface area contributed by atoms with Gasteiger partial charge in [-0.05, 0) is 136 Å². The Labute approximate surface area is 303 Å². The van der Waals surface area contributed by atoms with Crippen LogP contribution in [0.5, 0.6) is 0 Å². The number of rotatable bonds is 6. The van der Waals surface area contributed by atoms with Crippen molar-refractivity contribution in [2.75, 3.05) is 4.90 Å². The zero-order valence-corrected chi connectivity index (χ0v) is 29.0. The summed E-state index contributed by atoms with van der Waals surface area (Å²) >= 11 is 3.46. The summed E-state index contributed by atoms with van der Waals surface area (Å²) in [7, 11) is 0. The lowest BCUT2D eigenvalue weighted by Gasteiger charge is -2.26. The van der Waals surface area contributed by atoms with E-state index in [1.807, 2.05) is 12.1 Å². The van der Waals surface area contributed by atoms with Gasteiger partial charge in [0.1, 0.15) is 10.0 Å². The molecule has 0 amide bonds. The molecule has 0 aliphatic carbocycles. The summed E-state index contributed by atoms with van der Waals surface area (Å²) in [5.41, 5.74) is 9.95. The second-order valence-corrected chi connectivity index (χ2v) is 14.8. The van der Waals surface area contributed by atoms with Crippen LogP contribution < -0.4 is 4.90 Å². The molecular weight excluding hydrogens is 659 g/mol. The van der Waals surface area contributed by atoms with E-state index >= 15 is 0 Å². The van der Waals surface area contributed by atoms with Crippen LogP contribution in [0.1, 0.15) is 0 Å².